The number of fused-ring (bicyclic) bond motifs is 6. The summed E-state index contributed by atoms with van der Waals surface area (Å²) in [6.45, 7) is 0. The van der Waals surface area contributed by atoms with Crippen molar-refractivity contribution >= 4 is 54.7 Å². The highest BCUT2D eigenvalue weighted by molar-refractivity contribution is 6.25. The Labute approximate surface area is 275 Å². The molecule has 0 nitrogen and oxygen atoms in total. The van der Waals surface area contributed by atoms with Gasteiger partial charge in [0.05, 0.1) is 0 Å². The molecule has 0 aliphatic heterocycles. The van der Waals surface area contributed by atoms with Gasteiger partial charge in [0, 0.05) is 5.41 Å². The van der Waals surface area contributed by atoms with E-state index in [1.807, 2.05) is 0 Å². The lowest BCUT2D eigenvalue weighted by Crippen LogP contribution is -2.21. The van der Waals surface area contributed by atoms with Gasteiger partial charge in [-0.3, -0.25) is 0 Å². The van der Waals surface area contributed by atoms with Crippen molar-refractivity contribution in [3.05, 3.63) is 168 Å². The lowest BCUT2D eigenvalue weighted by atomic mass is 9.73. The van der Waals surface area contributed by atoms with Crippen LogP contribution in [0, 0.1) is 0 Å². The first-order valence-corrected chi connectivity index (χ1v) is 17.1. The van der Waals surface area contributed by atoms with Crippen LogP contribution >= 0.6 is 0 Å². The highest BCUT2D eigenvalue weighted by Gasteiger charge is 2.44. The van der Waals surface area contributed by atoms with Crippen molar-refractivity contribution in [1.29, 1.82) is 0 Å². The molecule has 222 valence electrons. The van der Waals surface area contributed by atoms with Crippen LogP contribution in [-0.4, -0.2) is 0 Å². The van der Waals surface area contributed by atoms with E-state index in [2.05, 4.69) is 158 Å². The van der Waals surface area contributed by atoms with Crippen molar-refractivity contribution < 1.29 is 0 Å². The third-order valence-electron chi connectivity index (χ3n) is 11.2. The van der Waals surface area contributed by atoms with Crippen LogP contribution in [0.2, 0.25) is 0 Å². The van der Waals surface area contributed by atoms with E-state index in [0.717, 1.165) is 0 Å². The van der Waals surface area contributed by atoms with Crippen LogP contribution in [0.15, 0.2) is 152 Å². The van der Waals surface area contributed by atoms with E-state index in [-0.39, 0.29) is 5.41 Å². The Balaban J connectivity index is 1.35. The molecule has 0 atom stereocenters. The minimum Gasteiger partial charge on any atom is -0.0619 e. The van der Waals surface area contributed by atoms with Gasteiger partial charge in [0.25, 0.3) is 0 Å². The quantitative estimate of drug-likeness (QED) is 0.178. The van der Waals surface area contributed by atoms with Gasteiger partial charge >= 0.3 is 0 Å². The number of hydrogen-bond donors (Lipinski definition) is 0. The molecule has 2 aliphatic rings. The monoisotopic (exact) mass is 598 g/mol. The van der Waals surface area contributed by atoms with Gasteiger partial charge in [0.15, 0.2) is 0 Å². The lowest BCUT2D eigenvalue weighted by Gasteiger charge is -2.30. The van der Waals surface area contributed by atoms with Crippen LogP contribution < -0.4 is 0 Å². The fraction of sp³-hybridized carbons (Fsp3) is 0.106. The number of hydrogen-bond acceptors (Lipinski definition) is 0. The maximum atomic E-state index is 2.55. The van der Waals surface area contributed by atoms with Gasteiger partial charge in [-0.05, 0) is 113 Å². The molecule has 0 amide bonds. The summed E-state index contributed by atoms with van der Waals surface area (Å²) in [6.07, 6.45) is 7.53. The van der Waals surface area contributed by atoms with Crippen LogP contribution in [0.25, 0.3) is 77.0 Å². The summed E-state index contributed by atoms with van der Waals surface area (Å²) in [6, 6.07) is 56.9. The zero-order chi connectivity index (χ0) is 31.0. The van der Waals surface area contributed by atoms with Crippen LogP contribution in [0.4, 0.5) is 0 Å². The molecule has 0 aromatic heterocycles. The average Bonchev–Trinajstić information content (AvgIpc) is 3.75. The predicted octanol–water partition coefficient (Wildman–Crippen LogP) is 13.0. The molecular formula is C47H34. The summed E-state index contributed by atoms with van der Waals surface area (Å²) < 4.78 is 0. The van der Waals surface area contributed by atoms with E-state index in [9.17, 15) is 0 Å². The van der Waals surface area contributed by atoms with Crippen LogP contribution in [0.3, 0.4) is 0 Å². The summed E-state index contributed by atoms with van der Waals surface area (Å²) in [4.78, 5) is 0. The van der Waals surface area contributed by atoms with E-state index < -0.39 is 0 Å². The van der Waals surface area contributed by atoms with E-state index in [0.29, 0.717) is 0 Å². The summed E-state index contributed by atoms with van der Waals surface area (Å²) in [5.41, 5.74) is 11.1. The molecule has 0 heterocycles. The lowest BCUT2D eigenvalue weighted by molar-refractivity contribution is 0.586. The smallest absolute Gasteiger partial charge is 0.0215 e. The molecule has 1 fully saturated rings. The molecule has 2 aliphatic carbocycles. The zero-order valence-corrected chi connectivity index (χ0v) is 26.3. The first-order valence-electron chi connectivity index (χ1n) is 17.1. The Kier molecular flexibility index (Phi) is 5.84. The van der Waals surface area contributed by atoms with Crippen molar-refractivity contribution in [3.63, 3.8) is 0 Å². The maximum absolute atomic E-state index is 2.55. The van der Waals surface area contributed by atoms with E-state index in [4.69, 9.17) is 0 Å². The molecule has 0 saturated heterocycles. The van der Waals surface area contributed by atoms with Crippen LogP contribution in [0.5, 0.6) is 0 Å². The normalized spacial score (nSPS) is 15.2. The SMILES string of the molecule is C1=C(c2ccc3c(-c4cccc5ccccc45)c4ccccc4c(-c4cccc5ccccc45)c3c2)C2(CCCC2)c2ccccc21. The van der Waals surface area contributed by atoms with Crippen LogP contribution in [0.1, 0.15) is 42.4 Å². The molecule has 1 saturated carbocycles. The van der Waals surface area contributed by atoms with Crippen molar-refractivity contribution in [3.8, 4) is 22.3 Å². The van der Waals surface area contributed by atoms with Crippen molar-refractivity contribution in [2.24, 2.45) is 0 Å². The topological polar surface area (TPSA) is 0 Å². The minimum atomic E-state index is 0.110. The van der Waals surface area contributed by atoms with Crippen molar-refractivity contribution in [2.45, 2.75) is 31.1 Å². The van der Waals surface area contributed by atoms with Gasteiger partial charge in [-0.15, -0.1) is 0 Å². The van der Waals surface area contributed by atoms with Gasteiger partial charge in [-0.2, -0.15) is 0 Å². The fourth-order valence-electron chi connectivity index (χ4n) is 9.19. The Morgan fingerprint density at radius 3 is 1.57 bits per heavy atom. The van der Waals surface area contributed by atoms with Gasteiger partial charge in [-0.1, -0.05) is 158 Å². The Hall–Kier alpha value is -5.46. The zero-order valence-electron chi connectivity index (χ0n) is 26.3. The molecule has 0 unspecified atom stereocenters. The Bertz CT molecular complexity index is 2560. The van der Waals surface area contributed by atoms with Gasteiger partial charge < -0.3 is 0 Å². The van der Waals surface area contributed by atoms with Crippen LogP contribution in [-0.2, 0) is 5.41 Å². The van der Waals surface area contributed by atoms with Gasteiger partial charge in [0.2, 0.25) is 0 Å². The average molecular weight is 599 g/mol. The molecule has 47 heavy (non-hydrogen) atoms. The van der Waals surface area contributed by atoms with Gasteiger partial charge in [0.1, 0.15) is 0 Å². The molecule has 0 radical (unpaired) electrons. The largest absolute Gasteiger partial charge is 0.0619 e. The molecule has 10 rings (SSSR count). The second-order valence-electron chi connectivity index (χ2n) is 13.5. The summed E-state index contributed by atoms with van der Waals surface area (Å²) in [5, 5.41) is 10.4. The van der Waals surface area contributed by atoms with Crippen molar-refractivity contribution in [1.82, 2.24) is 0 Å². The summed E-state index contributed by atoms with van der Waals surface area (Å²) in [7, 11) is 0. The third kappa shape index (κ3) is 3.88. The highest BCUT2D eigenvalue weighted by atomic mass is 14.5. The predicted molar refractivity (Wildman–Crippen MR) is 202 cm³/mol. The molecule has 8 aromatic rings. The third-order valence-corrected chi connectivity index (χ3v) is 11.2. The van der Waals surface area contributed by atoms with E-state index in [1.165, 1.54) is 113 Å². The van der Waals surface area contributed by atoms with Gasteiger partial charge in [-0.25, -0.2) is 0 Å². The first-order chi connectivity index (χ1) is 23.3. The summed E-state index contributed by atoms with van der Waals surface area (Å²) >= 11 is 0. The summed E-state index contributed by atoms with van der Waals surface area (Å²) in [5.74, 6) is 0. The Morgan fingerprint density at radius 1 is 0.404 bits per heavy atom. The van der Waals surface area contributed by atoms with E-state index >= 15 is 0 Å². The molecule has 0 N–H and O–H groups in total. The van der Waals surface area contributed by atoms with Crippen molar-refractivity contribution in [2.75, 3.05) is 0 Å². The minimum absolute atomic E-state index is 0.110. The first kappa shape index (κ1) is 26.7. The molecule has 8 aromatic carbocycles. The second-order valence-corrected chi connectivity index (χ2v) is 13.5. The Morgan fingerprint density at radius 2 is 0.915 bits per heavy atom. The number of allylic oxidation sites excluding steroid dienone is 1. The molecule has 0 heteroatoms. The molecule has 1 spiro atoms. The molecular weight excluding hydrogens is 565 g/mol. The number of rotatable bonds is 3. The standard InChI is InChI=1S/C47H34/c1-4-18-35-31(13-1)16-11-22-37(35)45-39-20-6-7-21-40(39)46(38-23-12-17-32-14-2-5-19-36(32)38)42-29-34(25-26-41(42)45)44-30-33-15-3-8-24-43(33)47(44)27-9-10-28-47/h1-8,11-26,29-30H,9-10,27-28H2. The number of benzene rings is 8. The second kappa shape index (κ2) is 10.3. The highest BCUT2D eigenvalue weighted by Crippen LogP contribution is 2.57. The fourth-order valence-corrected chi connectivity index (χ4v) is 9.19. The maximum Gasteiger partial charge on any atom is 0.0215 e. The molecule has 0 bridgehead atoms. The van der Waals surface area contributed by atoms with E-state index in [1.54, 1.807) is 0 Å².